The van der Waals surface area contributed by atoms with E-state index in [9.17, 15) is 4.79 Å². The first-order valence-electron chi connectivity index (χ1n) is 4.75. The second-order valence-corrected chi connectivity index (χ2v) is 3.66. The highest BCUT2D eigenvalue weighted by atomic mass is 16.1. The molecule has 78 valence electrons. The smallest absolute Gasteiger partial charge is 0.225 e. The van der Waals surface area contributed by atoms with Crippen LogP contribution in [0, 0.1) is 12.5 Å². The van der Waals surface area contributed by atoms with Crippen LogP contribution in [0.5, 0.6) is 0 Å². The van der Waals surface area contributed by atoms with E-state index in [-0.39, 0.29) is 5.91 Å². The average molecular weight is 203 g/mol. The van der Waals surface area contributed by atoms with E-state index in [1.54, 1.807) is 12.1 Å². The van der Waals surface area contributed by atoms with E-state index in [0.717, 1.165) is 0 Å². The Balaban J connectivity index is 2.58. The minimum atomic E-state index is -0.0481. The molecule has 4 nitrogen and oxygen atoms in total. The van der Waals surface area contributed by atoms with Gasteiger partial charge in [-0.2, -0.15) is 0 Å². The third kappa shape index (κ3) is 3.77. The summed E-state index contributed by atoms with van der Waals surface area (Å²) in [6.07, 6.45) is 1.92. The minimum Gasteiger partial charge on any atom is -0.311 e. The number of anilines is 1. The second kappa shape index (κ2) is 5.11. The van der Waals surface area contributed by atoms with Gasteiger partial charge in [-0.3, -0.25) is 9.78 Å². The molecule has 1 heterocycles. The molecule has 1 aromatic heterocycles. The van der Waals surface area contributed by atoms with Gasteiger partial charge in [0.25, 0.3) is 0 Å². The first-order valence-corrected chi connectivity index (χ1v) is 4.75. The van der Waals surface area contributed by atoms with E-state index in [1.165, 1.54) is 6.20 Å². The normalized spacial score (nSPS) is 9.73. The lowest BCUT2D eigenvalue weighted by Gasteiger charge is -2.05. The molecule has 0 spiro atoms. The van der Waals surface area contributed by atoms with Crippen molar-refractivity contribution >= 4 is 17.4 Å². The molecule has 15 heavy (non-hydrogen) atoms. The number of carbonyl (C=O) groups excluding carboxylic acids is 1. The van der Waals surface area contributed by atoms with Crippen LogP contribution >= 0.6 is 0 Å². The quantitative estimate of drug-likeness (QED) is 0.767. The molecule has 0 aliphatic rings. The predicted octanol–water partition coefficient (Wildman–Crippen LogP) is 2.62. The van der Waals surface area contributed by atoms with Gasteiger partial charge in [0.05, 0.1) is 6.57 Å². The number of carbonyl (C=O) groups is 1. The van der Waals surface area contributed by atoms with E-state index in [1.807, 2.05) is 13.8 Å². The van der Waals surface area contributed by atoms with Crippen LogP contribution in [0.15, 0.2) is 18.3 Å². The van der Waals surface area contributed by atoms with Crippen molar-refractivity contribution in [3.63, 3.8) is 0 Å². The standard InChI is InChI=1S/C11H13N3O/c1-8(2)6-11(15)14-10-5-4-9(12-3)7-13-10/h4-5,7-8H,6H2,1-2H3,(H,13,14,15). The summed E-state index contributed by atoms with van der Waals surface area (Å²) in [6.45, 7) is 10.7. The third-order valence-electron chi connectivity index (χ3n) is 1.74. The number of amides is 1. The van der Waals surface area contributed by atoms with Crippen molar-refractivity contribution in [2.75, 3.05) is 5.32 Å². The molecule has 0 aromatic carbocycles. The van der Waals surface area contributed by atoms with Gasteiger partial charge in [0, 0.05) is 12.6 Å². The third-order valence-corrected chi connectivity index (χ3v) is 1.74. The van der Waals surface area contributed by atoms with Crippen LogP contribution in [0.25, 0.3) is 4.85 Å². The molecule has 4 heteroatoms. The Morgan fingerprint density at radius 1 is 1.60 bits per heavy atom. The van der Waals surface area contributed by atoms with Gasteiger partial charge in [-0.15, -0.1) is 0 Å². The zero-order chi connectivity index (χ0) is 11.3. The first kappa shape index (κ1) is 11.2. The lowest BCUT2D eigenvalue weighted by molar-refractivity contribution is -0.116. The molecule has 0 unspecified atom stereocenters. The Labute approximate surface area is 89.2 Å². The average Bonchev–Trinajstić information content (AvgIpc) is 2.17. The molecule has 0 radical (unpaired) electrons. The van der Waals surface area contributed by atoms with Gasteiger partial charge in [-0.05, 0) is 12.0 Å². The Bertz CT molecular complexity index is 376. The molecule has 1 amide bonds. The molecule has 0 aliphatic carbocycles. The molecule has 1 rings (SSSR count). The summed E-state index contributed by atoms with van der Waals surface area (Å²) in [6, 6.07) is 3.26. The van der Waals surface area contributed by atoms with Gasteiger partial charge in [-0.1, -0.05) is 19.9 Å². The van der Waals surface area contributed by atoms with Crippen LogP contribution in [0.2, 0.25) is 0 Å². The fourth-order valence-electron chi connectivity index (χ4n) is 1.09. The number of pyridine rings is 1. The second-order valence-electron chi connectivity index (χ2n) is 3.66. The number of aromatic nitrogens is 1. The van der Waals surface area contributed by atoms with Gasteiger partial charge in [0.15, 0.2) is 0 Å². The summed E-state index contributed by atoms with van der Waals surface area (Å²) < 4.78 is 0. The highest BCUT2D eigenvalue weighted by molar-refractivity contribution is 5.89. The van der Waals surface area contributed by atoms with E-state index in [0.29, 0.717) is 23.8 Å². The van der Waals surface area contributed by atoms with Crippen LogP contribution in [0.1, 0.15) is 20.3 Å². The zero-order valence-corrected chi connectivity index (χ0v) is 8.82. The van der Waals surface area contributed by atoms with Crippen LogP contribution in [-0.4, -0.2) is 10.9 Å². The summed E-state index contributed by atoms with van der Waals surface area (Å²) in [4.78, 5) is 18.5. The van der Waals surface area contributed by atoms with Gasteiger partial charge >= 0.3 is 0 Å². The summed E-state index contributed by atoms with van der Waals surface area (Å²) in [7, 11) is 0. The lowest BCUT2D eigenvalue weighted by Crippen LogP contribution is -2.14. The number of nitrogens with zero attached hydrogens (tertiary/aromatic N) is 2. The summed E-state index contributed by atoms with van der Waals surface area (Å²) in [5, 5.41) is 2.67. The zero-order valence-electron chi connectivity index (χ0n) is 8.82. The van der Waals surface area contributed by atoms with E-state index >= 15 is 0 Å². The number of hydrogen-bond donors (Lipinski definition) is 1. The first-order chi connectivity index (χ1) is 7.11. The molecule has 1 aromatic rings. The Kier molecular flexibility index (Phi) is 3.81. The summed E-state index contributed by atoms with van der Waals surface area (Å²) in [5.41, 5.74) is 0.469. The van der Waals surface area contributed by atoms with Crippen molar-refractivity contribution < 1.29 is 4.79 Å². The summed E-state index contributed by atoms with van der Waals surface area (Å²) in [5.74, 6) is 0.772. The minimum absolute atomic E-state index is 0.0481. The fourth-order valence-corrected chi connectivity index (χ4v) is 1.09. The van der Waals surface area contributed by atoms with Crippen LogP contribution in [0.3, 0.4) is 0 Å². The molecule has 0 saturated carbocycles. The van der Waals surface area contributed by atoms with Gasteiger partial charge in [0.1, 0.15) is 5.82 Å². The van der Waals surface area contributed by atoms with Crippen molar-refractivity contribution in [3.8, 4) is 0 Å². The monoisotopic (exact) mass is 203 g/mol. The van der Waals surface area contributed by atoms with Crippen LogP contribution in [-0.2, 0) is 4.79 Å². The van der Waals surface area contributed by atoms with Crippen LogP contribution < -0.4 is 5.32 Å². The lowest BCUT2D eigenvalue weighted by atomic mass is 10.1. The Hall–Kier alpha value is -1.89. The molecule has 0 saturated heterocycles. The molecule has 0 atom stereocenters. The highest BCUT2D eigenvalue weighted by Crippen LogP contribution is 2.12. The SMILES string of the molecule is [C-]#[N+]c1ccc(NC(=O)CC(C)C)nc1. The fraction of sp³-hybridized carbons (Fsp3) is 0.364. The number of rotatable bonds is 3. The largest absolute Gasteiger partial charge is 0.311 e. The molecule has 0 aliphatic heterocycles. The summed E-state index contributed by atoms with van der Waals surface area (Å²) >= 11 is 0. The van der Waals surface area contributed by atoms with Gasteiger partial charge < -0.3 is 5.32 Å². The molecular formula is C11H13N3O. The molecular weight excluding hydrogens is 190 g/mol. The van der Waals surface area contributed by atoms with Crippen molar-refractivity contribution in [3.05, 3.63) is 29.7 Å². The molecule has 0 fully saturated rings. The maximum atomic E-state index is 11.4. The van der Waals surface area contributed by atoms with Crippen molar-refractivity contribution in [2.45, 2.75) is 20.3 Å². The van der Waals surface area contributed by atoms with Crippen LogP contribution in [0.4, 0.5) is 11.5 Å². The topological polar surface area (TPSA) is 46.4 Å². The maximum Gasteiger partial charge on any atom is 0.225 e. The van der Waals surface area contributed by atoms with Crippen molar-refractivity contribution in [1.82, 2.24) is 4.98 Å². The molecule has 0 bridgehead atoms. The maximum absolute atomic E-state index is 11.4. The molecule has 1 N–H and O–H groups in total. The van der Waals surface area contributed by atoms with E-state index in [4.69, 9.17) is 6.57 Å². The van der Waals surface area contributed by atoms with E-state index < -0.39 is 0 Å². The number of nitrogens with one attached hydrogen (secondary N) is 1. The van der Waals surface area contributed by atoms with Crippen molar-refractivity contribution in [1.29, 1.82) is 0 Å². The predicted molar refractivity (Wildman–Crippen MR) is 58.6 cm³/mol. The Morgan fingerprint density at radius 2 is 2.33 bits per heavy atom. The van der Waals surface area contributed by atoms with E-state index in [2.05, 4.69) is 15.1 Å². The Morgan fingerprint density at radius 3 is 2.80 bits per heavy atom. The number of hydrogen-bond acceptors (Lipinski definition) is 2. The van der Waals surface area contributed by atoms with Crippen molar-refractivity contribution in [2.24, 2.45) is 5.92 Å². The van der Waals surface area contributed by atoms with Gasteiger partial charge in [-0.25, -0.2) is 4.85 Å². The highest BCUT2D eigenvalue weighted by Gasteiger charge is 2.05. The van der Waals surface area contributed by atoms with Gasteiger partial charge in [0.2, 0.25) is 11.6 Å².